The summed E-state index contributed by atoms with van der Waals surface area (Å²) in [5.41, 5.74) is 1.80. The zero-order valence-corrected chi connectivity index (χ0v) is 16.8. The summed E-state index contributed by atoms with van der Waals surface area (Å²) in [5.74, 6) is -1.03. The Labute approximate surface area is 161 Å². The van der Waals surface area contributed by atoms with Gasteiger partial charge >= 0.3 is 0 Å². The molecule has 2 aromatic carbocycles. The number of benzene rings is 2. The van der Waals surface area contributed by atoms with Crippen LogP contribution in [0.1, 0.15) is 18.9 Å². The van der Waals surface area contributed by atoms with Gasteiger partial charge in [-0.05, 0) is 37.3 Å². The number of carbonyl (C=O) groups excluding carboxylic acids is 2. The Kier molecular flexibility index (Phi) is 6.55. The third-order valence-corrected chi connectivity index (χ3v) is 5.77. The Bertz CT molecular complexity index is 925. The highest BCUT2D eigenvalue weighted by molar-refractivity contribution is 9.10. The molecular formula is C18H19BrN2O4S. The highest BCUT2D eigenvalue weighted by Gasteiger charge is 2.17. The standard InChI is InChI=1S/C18H19BrN2O4S/c1-12-3-6-15(7-4-12)26(24,25)10-9-18(23)21-17-11-14(19)5-8-16(17)20-13(2)22/h3-8,11H,9-10H2,1-2H3,(H,20,22)(H,21,23). The molecule has 0 aliphatic carbocycles. The number of hydrogen-bond donors (Lipinski definition) is 2. The second-order valence-corrected chi connectivity index (χ2v) is 8.83. The molecule has 0 unspecified atom stereocenters. The molecule has 0 bridgehead atoms. The number of aryl methyl sites for hydroxylation is 1. The lowest BCUT2D eigenvalue weighted by Gasteiger charge is -2.12. The predicted octanol–water partition coefficient (Wildman–Crippen LogP) is 3.52. The molecule has 0 aromatic heterocycles. The summed E-state index contributed by atoms with van der Waals surface area (Å²) in [7, 11) is -3.54. The molecule has 8 heteroatoms. The average Bonchev–Trinajstić information content (AvgIpc) is 2.56. The number of halogens is 1. The van der Waals surface area contributed by atoms with Gasteiger partial charge in [0.05, 0.1) is 22.0 Å². The van der Waals surface area contributed by atoms with E-state index in [1.807, 2.05) is 6.92 Å². The van der Waals surface area contributed by atoms with Crippen LogP contribution in [0.2, 0.25) is 0 Å². The van der Waals surface area contributed by atoms with Crippen molar-refractivity contribution >= 4 is 49.0 Å². The lowest BCUT2D eigenvalue weighted by molar-refractivity contribution is -0.116. The summed E-state index contributed by atoms with van der Waals surface area (Å²) in [6.45, 7) is 3.23. The molecule has 0 heterocycles. The van der Waals surface area contributed by atoms with Crippen molar-refractivity contribution < 1.29 is 18.0 Å². The van der Waals surface area contributed by atoms with Gasteiger partial charge in [0.2, 0.25) is 11.8 Å². The van der Waals surface area contributed by atoms with E-state index >= 15 is 0 Å². The van der Waals surface area contributed by atoms with Crippen LogP contribution in [0.25, 0.3) is 0 Å². The van der Waals surface area contributed by atoms with E-state index in [0.29, 0.717) is 15.8 Å². The Balaban J connectivity index is 2.06. The molecule has 2 aromatic rings. The fourth-order valence-corrected chi connectivity index (χ4v) is 3.82. The molecule has 0 saturated carbocycles. The van der Waals surface area contributed by atoms with Gasteiger partial charge in [0.15, 0.2) is 9.84 Å². The van der Waals surface area contributed by atoms with E-state index < -0.39 is 15.7 Å². The van der Waals surface area contributed by atoms with Gasteiger partial charge in [-0.2, -0.15) is 0 Å². The number of anilines is 2. The van der Waals surface area contributed by atoms with Crippen LogP contribution in [-0.4, -0.2) is 26.0 Å². The van der Waals surface area contributed by atoms with Crippen molar-refractivity contribution in [2.75, 3.05) is 16.4 Å². The molecule has 2 amide bonds. The van der Waals surface area contributed by atoms with Crippen LogP contribution >= 0.6 is 15.9 Å². The molecule has 2 N–H and O–H groups in total. The molecular weight excluding hydrogens is 420 g/mol. The zero-order chi connectivity index (χ0) is 19.3. The quantitative estimate of drug-likeness (QED) is 0.721. The minimum Gasteiger partial charge on any atom is -0.325 e. The molecule has 0 fully saturated rings. The summed E-state index contributed by atoms with van der Waals surface area (Å²) < 4.78 is 25.4. The second-order valence-electron chi connectivity index (χ2n) is 5.80. The smallest absolute Gasteiger partial charge is 0.225 e. The zero-order valence-electron chi connectivity index (χ0n) is 14.4. The van der Waals surface area contributed by atoms with E-state index in [-0.39, 0.29) is 23.0 Å². The van der Waals surface area contributed by atoms with E-state index in [9.17, 15) is 18.0 Å². The van der Waals surface area contributed by atoms with Crippen molar-refractivity contribution in [1.82, 2.24) is 0 Å². The summed E-state index contributed by atoms with van der Waals surface area (Å²) in [6, 6.07) is 11.5. The van der Waals surface area contributed by atoms with Crippen molar-refractivity contribution in [3.63, 3.8) is 0 Å². The number of amides is 2. The van der Waals surface area contributed by atoms with Gasteiger partial charge < -0.3 is 10.6 Å². The van der Waals surface area contributed by atoms with Crippen LogP contribution < -0.4 is 10.6 Å². The van der Waals surface area contributed by atoms with E-state index in [1.165, 1.54) is 19.1 Å². The minimum atomic E-state index is -3.54. The maximum Gasteiger partial charge on any atom is 0.225 e. The average molecular weight is 439 g/mol. The highest BCUT2D eigenvalue weighted by atomic mass is 79.9. The van der Waals surface area contributed by atoms with E-state index in [2.05, 4.69) is 26.6 Å². The van der Waals surface area contributed by atoms with Crippen molar-refractivity contribution in [3.05, 3.63) is 52.5 Å². The molecule has 0 aliphatic rings. The van der Waals surface area contributed by atoms with Crippen LogP contribution in [0.5, 0.6) is 0 Å². The molecule has 0 radical (unpaired) electrons. The van der Waals surface area contributed by atoms with Crippen LogP contribution in [0.3, 0.4) is 0 Å². The molecule has 6 nitrogen and oxygen atoms in total. The van der Waals surface area contributed by atoms with Gasteiger partial charge in [-0.15, -0.1) is 0 Å². The SMILES string of the molecule is CC(=O)Nc1ccc(Br)cc1NC(=O)CCS(=O)(=O)c1ccc(C)cc1. The van der Waals surface area contributed by atoms with Crippen LogP contribution in [-0.2, 0) is 19.4 Å². The van der Waals surface area contributed by atoms with Crippen molar-refractivity contribution in [2.45, 2.75) is 25.2 Å². The maximum atomic E-state index is 12.3. The van der Waals surface area contributed by atoms with Gasteiger partial charge in [0.25, 0.3) is 0 Å². The lowest BCUT2D eigenvalue weighted by Crippen LogP contribution is -2.19. The highest BCUT2D eigenvalue weighted by Crippen LogP contribution is 2.26. The van der Waals surface area contributed by atoms with Gasteiger partial charge in [0.1, 0.15) is 0 Å². The van der Waals surface area contributed by atoms with Crippen LogP contribution in [0.15, 0.2) is 51.8 Å². The predicted molar refractivity (Wildman–Crippen MR) is 105 cm³/mol. The largest absolute Gasteiger partial charge is 0.325 e. The van der Waals surface area contributed by atoms with Crippen molar-refractivity contribution in [3.8, 4) is 0 Å². The molecule has 0 atom stereocenters. The Morgan fingerprint density at radius 1 is 1.00 bits per heavy atom. The number of hydrogen-bond acceptors (Lipinski definition) is 4. The Morgan fingerprint density at radius 2 is 1.65 bits per heavy atom. The number of rotatable bonds is 6. The first-order chi connectivity index (χ1) is 12.2. The Hall–Kier alpha value is -2.19. The van der Waals surface area contributed by atoms with Gasteiger partial charge in [-0.1, -0.05) is 33.6 Å². The van der Waals surface area contributed by atoms with E-state index in [1.54, 1.807) is 30.3 Å². The van der Waals surface area contributed by atoms with Gasteiger partial charge in [0, 0.05) is 17.8 Å². The van der Waals surface area contributed by atoms with E-state index in [0.717, 1.165) is 5.56 Å². The van der Waals surface area contributed by atoms with Gasteiger partial charge in [-0.25, -0.2) is 8.42 Å². The second kappa shape index (κ2) is 8.46. The van der Waals surface area contributed by atoms with Crippen molar-refractivity contribution in [1.29, 1.82) is 0 Å². The summed E-state index contributed by atoms with van der Waals surface area (Å²) in [6.07, 6.45) is -0.192. The summed E-state index contributed by atoms with van der Waals surface area (Å²) in [5, 5.41) is 5.26. The van der Waals surface area contributed by atoms with Crippen molar-refractivity contribution in [2.24, 2.45) is 0 Å². The third kappa shape index (κ3) is 5.67. The minimum absolute atomic E-state index is 0.192. The molecule has 0 spiro atoms. The lowest BCUT2D eigenvalue weighted by atomic mass is 10.2. The summed E-state index contributed by atoms with van der Waals surface area (Å²) >= 11 is 3.30. The topological polar surface area (TPSA) is 92.3 Å². The number of sulfone groups is 1. The number of carbonyl (C=O) groups is 2. The maximum absolute atomic E-state index is 12.3. The third-order valence-electron chi connectivity index (χ3n) is 3.54. The first-order valence-electron chi connectivity index (χ1n) is 7.84. The molecule has 0 saturated heterocycles. The molecule has 2 rings (SSSR count). The number of nitrogens with one attached hydrogen (secondary N) is 2. The molecule has 138 valence electrons. The first-order valence-corrected chi connectivity index (χ1v) is 10.3. The molecule has 0 aliphatic heterocycles. The normalized spacial score (nSPS) is 11.0. The summed E-state index contributed by atoms with van der Waals surface area (Å²) in [4.78, 5) is 23.6. The fourth-order valence-electron chi connectivity index (χ4n) is 2.22. The van der Waals surface area contributed by atoms with Gasteiger partial charge in [-0.3, -0.25) is 9.59 Å². The van der Waals surface area contributed by atoms with E-state index in [4.69, 9.17) is 0 Å². The first kappa shape index (κ1) is 20.1. The van der Waals surface area contributed by atoms with Crippen LogP contribution in [0, 0.1) is 6.92 Å². The fraction of sp³-hybridized carbons (Fsp3) is 0.222. The van der Waals surface area contributed by atoms with Crippen LogP contribution in [0.4, 0.5) is 11.4 Å². The molecule has 26 heavy (non-hydrogen) atoms. The Morgan fingerprint density at radius 3 is 2.27 bits per heavy atom. The monoisotopic (exact) mass is 438 g/mol.